The molecule has 1 fully saturated rings. The van der Waals surface area contributed by atoms with E-state index in [0.29, 0.717) is 17.4 Å². The molecule has 0 unspecified atom stereocenters. The zero-order valence-electron chi connectivity index (χ0n) is 12.4. The maximum absolute atomic E-state index is 12.3. The van der Waals surface area contributed by atoms with Crippen LogP contribution in [0, 0.1) is 5.92 Å². The number of aromatic amines is 1. The van der Waals surface area contributed by atoms with Crippen molar-refractivity contribution in [3.05, 3.63) is 35.0 Å². The van der Waals surface area contributed by atoms with Crippen molar-refractivity contribution in [2.24, 2.45) is 5.92 Å². The van der Waals surface area contributed by atoms with Crippen LogP contribution in [0.1, 0.15) is 31.2 Å². The lowest BCUT2D eigenvalue weighted by Gasteiger charge is -2.27. The second-order valence-corrected chi connectivity index (χ2v) is 6.58. The molecular weight excluding hydrogens is 300 g/mol. The fraction of sp³-hybridized carbons (Fsp3) is 0.471. The number of rotatable bonds is 4. The summed E-state index contributed by atoms with van der Waals surface area (Å²) in [5, 5.41) is 13.9. The lowest BCUT2D eigenvalue weighted by atomic mass is 9.86. The number of hydrogen-bond acceptors (Lipinski definition) is 2. The summed E-state index contributed by atoms with van der Waals surface area (Å²) in [6.45, 7) is 0.261. The minimum absolute atomic E-state index is 0.0494. The third-order valence-electron chi connectivity index (χ3n) is 4.55. The highest BCUT2D eigenvalue weighted by molar-refractivity contribution is 6.31. The molecule has 4 nitrogen and oxygen atoms in total. The van der Waals surface area contributed by atoms with Gasteiger partial charge in [-0.05, 0) is 55.4 Å². The fourth-order valence-electron chi connectivity index (χ4n) is 3.24. The fourth-order valence-corrected chi connectivity index (χ4v) is 3.41. The molecule has 5 heteroatoms. The lowest BCUT2D eigenvalue weighted by Crippen LogP contribution is -2.38. The van der Waals surface area contributed by atoms with Gasteiger partial charge >= 0.3 is 0 Å². The molecular formula is C17H21ClN2O2. The van der Waals surface area contributed by atoms with Gasteiger partial charge in [0.25, 0.3) is 0 Å². The van der Waals surface area contributed by atoms with Gasteiger partial charge in [-0.3, -0.25) is 4.79 Å². The quantitative estimate of drug-likeness (QED) is 0.810. The first kappa shape index (κ1) is 15.4. The Labute approximate surface area is 134 Å². The van der Waals surface area contributed by atoms with Gasteiger partial charge in [-0.15, -0.1) is 0 Å². The van der Waals surface area contributed by atoms with Crippen molar-refractivity contribution in [1.29, 1.82) is 0 Å². The summed E-state index contributed by atoms with van der Waals surface area (Å²) >= 11 is 6.03. The van der Waals surface area contributed by atoms with E-state index in [9.17, 15) is 4.79 Å². The summed E-state index contributed by atoms with van der Waals surface area (Å²) in [7, 11) is 0. The molecule has 3 rings (SSSR count). The van der Waals surface area contributed by atoms with Crippen molar-refractivity contribution < 1.29 is 9.90 Å². The van der Waals surface area contributed by atoms with Crippen molar-refractivity contribution >= 4 is 28.4 Å². The molecule has 2 aromatic rings. The van der Waals surface area contributed by atoms with Crippen molar-refractivity contribution in [1.82, 2.24) is 10.3 Å². The summed E-state index contributed by atoms with van der Waals surface area (Å²) in [5.74, 6) is 0.456. The van der Waals surface area contributed by atoms with Crippen LogP contribution in [-0.4, -0.2) is 28.6 Å². The van der Waals surface area contributed by atoms with Gasteiger partial charge in [-0.2, -0.15) is 0 Å². The van der Waals surface area contributed by atoms with E-state index in [2.05, 4.69) is 10.3 Å². The van der Waals surface area contributed by atoms with Crippen LogP contribution in [0.4, 0.5) is 0 Å². The number of hydrogen-bond donors (Lipinski definition) is 3. The maximum atomic E-state index is 12.3. The molecule has 3 N–H and O–H groups in total. The Morgan fingerprint density at radius 3 is 2.82 bits per heavy atom. The number of halogens is 1. The number of carbonyl (C=O) groups excluding carboxylic acids is 1. The molecule has 1 aromatic heterocycles. The van der Waals surface area contributed by atoms with Gasteiger partial charge < -0.3 is 15.4 Å². The summed E-state index contributed by atoms with van der Waals surface area (Å²) in [4.78, 5) is 15.4. The number of carbonyl (C=O) groups is 1. The second-order valence-electron chi connectivity index (χ2n) is 6.15. The number of H-pyrrole nitrogens is 1. The smallest absolute Gasteiger partial charge is 0.224 e. The molecule has 1 amide bonds. The molecule has 1 aliphatic rings. The summed E-state index contributed by atoms with van der Waals surface area (Å²) < 4.78 is 0. The molecule has 0 aliphatic heterocycles. The monoisotopic (exact) mass is 320 g/mol. The Morgan fingerprint density at radius 1 is 1.32 bits per heavy atom. The van der Waals surface area contributed by atoms with Gasteiger partial charge in [0.05, 0.1) is 6.42 Å². The van der Waals surface area contributed by atoms with Crippen molar-refractivity contribution in [2.45, 2.75) is 38.1 Å². The van der Waals surface area contributed by atoms with Gasteiger partial charge in [-0.25, -0.2) is 0 Å². The minimum Gasteiger partial charge on any atom is -0.396 e. The minimum atomic E-state index is 0.0494. The Balaban J connectivity index is 1.60. The second kappa shape index (κ2) is 6.71. The van der Waals surface area contributed by atoms with Crippen LogP contribution in [-0.2, 0) is 11.2 Å². The molecule has 0 spiro atoms. The lowest BCUT2D eigenvalue weighted by molar-refractivity contribution is -0.121. The van der Waals surface area contributed by atoms with Crippen LogP contribution in [0.25, 0.3) is 10.9 Å². The van der Waals surface area contributed by atoms with E-state index in [1.807, 2.05) is 24.4 Å². The largest absolute Gasteiger partial charge is 0.396 e. The third kappa shape index (κ3) is 3.45. The van der Waals surface area contributed by atoms with E-state index in [1.165, 1.54) is 0 Å². The average Bonchev–Trinajstić information content (AvgIpc) is 2.90. The van der Waals surface area contributed by atoms with Gasteiger partial charge in [-0.1, -0.05) is 11.6 Å². The summed E-state index contributed by atoms with van der Waals surface area (Å²) in [5.41, 5.74) is 1.97. The van der Waals surface area contributed by atoms with Gasteiger partial charge in [0, 0.05) is 34.8 Å². The molecule has 1 heterocycles. The first-order chi connectivity index (χ1) is 10.7. The number of amides is 1. The molecule has 0 bridgehead atoms. The molecule has 1 saturated carbocycles. The van der Waals surface area contributed by atoms with E-state index in [1.54, 1.807) is 0 Å². The van der Waals surface area contributed by atoms with E-state index in [4.69, 9.17) is 16.7 Å². The van der Waals surface area contributed by atoms with Crippen LogP contribution < -0.4 is 5.32 Å². The number of aliphatic hydroxyl groups excluding tert-OH is 1. The number of aromatic nitrogens is 1. The van der Waals surface area contributed by atoms with Gasteiger partial charge in [0.15, 0.2) is 0 Å². The van der Waals surface area contributed by atoms with E-state index < -0.39 is 0 Å². The zero-order chi connectivity index (χ0) is 15.5. The highest BCUT2D eigenvalue weighted by Gasteiger charge is 2.22. The molecule has 1 aliphatic carbocycles. The van der Waals surface area contributed by atoms with Crippen LogP contribution in [0.15, 0.2) is 24.4 Å². The van der Waals surface area contributed by atoms with Crippen LogP contribution in [0.2, 0.25) is 5.02 Å². The number of aliphatic hydroxyl groups is 1. The molecule has 1 aromatic carbocycles. The van der Waals surface area contributed by atoms with Crippen molar-refractivity contribution in [2.75, 3.05) is 6.61 Å². The Morgan fingerprint density at radius 2 is 2.09 bits per heavy atom. The highest BCUT2D eigenvalue weighted by Crippen LogP contribution is 2.25. The molecule has 0 saturated heterocycles. The van der Waals surface area contributed by atoms with Crippen molar-refractivity contribution in [3.63, 3.8) is 0 Å². The predicted octanol–water partition coefficient (Wildman–Crippen LogP) is 3.03. The predicted molar refractivity (Wildman–Crippen MR) is 88.0 cm³/mol. The SMILES string of the molecule is O=C(Cc1c[nH]c2ccc(Cl)cc12)NC1CCC(CO)CC1. The van der Waals surface area contributed by atoms with Crippen LogP contribution in [0.5, 0.6) is 0 Å². The van der Waals surface area contributed by atoms with Crippen molar-refractivity contribution in [3.8, 4) is 0 Å². The third-order valence-corrected chi connectivity index (χ3v) is 4.79. The molecule has 22 heavy (non-hydrogen) atoms. The molecule has 0 radical (unpaired) electrons. The topological polar surface area (TPSA) is 65.1 Å². The highest BCUT2D eigenvalue weighted by atomic mass is 35.5. The van der Waals surface area contributed by atoms with Crippen LogP contribution >= 0.6 is 11.6 Å². The summed E-state index contributed by atoms with van der Waals surface area (Å²) in [6.07, 6.45) is 6.13. The Bertz CT molecular complexity index is 660. The van der Waals surface area contributed by atoms with Gasteiger partial charge in [0.2, 0.25) is 5.91 Å². The van der Waals surface area contributed by atoms with E-state index in [0.717, 1.165) is 42.1 Å². The first-order valence-corrected chi connectivity index (χ1v) is 8.19. The average molecular weight is 321 g/mol. The number of nitrogens with one attached hydrogen (secondary N) is 2. The summed E-state index contributed by atoms with van der Waals surface area (Å²) in [6, 6.07) is 5.89. The molecule has 0 atom stereocenters. The normalized spacial score (nSPS) is 21.9. The van der Waals surface area contributed by atoms with Gasteiger partial charge in [0.1, 0.15) is 0 Å². The van der Waals surface area contributed by atoms with Crippen LogP contribution in [0.3, 0.4) is 0 Å². The molecule has 118 valence electrons. The zero-order valence-corrected chi connectivity index (χ0v) is 13.2. The standard InChI is InChI=1S/C17H21ClN2O2/c18-13-3-6-16-15(8-13)12(9-19-16)7-17(22)20-14-4-1-11(10-21)2-5-14/h3,6,8-9,11,14,19,21H,1-2,4-5,7,10H2,(H,20,22). The van der Waals surface area contributed by atoms with E-state index in [-0.39, 0.29) is 18.6 Å². The maximum Gasteiger partial charge on any atom is 0.224 e. The first-order valence-electron chi connectivity index (χ1n) is 7.81. The number of benzene rings is 1. The Kier molecular flexibility index (Phi) is 4.69. The Hall–Kier alpha value is -1.52. The van der Waals surface area contributed by atoms with E-state index >= 15 is 0 Å². The number of fused-ring (bicyclic) bond motifs is 1.